The summed E-state index contributed by atoms with van der Waals surface area (Å²) in [4.78, 5) is 21.6. The van der Waals surface area contributed by atoms with E-state index in [1.54, 1.807) is 12.1 Å². The third-order valence-corrected chi connectivity index (χ3v) is 5.24. The van der Waals surface area contributed by atoms with Crippen LogP contribution in [-0.2, 0) is 0 Å². The predicted octanol–water partition coefficient (Wildman–Crippen LogP) is 2.75. The van der Waals surface area contributed by atoms with Crippen LogP contribution in [-0.4, -0.2) is 58.1 Å². The third kappa shape index (κ3) is 5.46. The highest BCUT2D eigenvalue weighted by Crippen LogP contribution is 2.27. The number of aliphatic imine (C=N–C) groups is 1. The van der Waals surface area contributed by atoms with Crippen LogP contribution in [0, 0.1) is 16.0 Å². The summed E-state index contributed by atoms with van der Waals surface area (Å²) < 4.78 is 2.19. The fraction of sp³-hybridized carbons (Fsp3) is 0.500. The monoisotopic (exact) mass is 399 g/mol. The van der Waals surface area contributed by atoms with E-state index in [2.05, 4.69) is 38.9 Å². The van der Waals surface area contributed by atoms with Gasteiger partial charge in [0.25, 0.3) is 5.69 Å². The number of likely N-dealkylation sites (tertiary alicyclic amines) is 1. The van der Waals surface area contributed by atoms with E-state index in [-0.39, 0.29) is 5.69 Å². The minimum Gasteiger partial charge on any atom is -0.383 e. The van der Waals surface area contributed by atoms with Crippen LogP contribution < -0.4 is 10.6 Å². The molecule has 2 unspecified atom stereocenters. The van der Waals surface area contributed by atoms with Crippen LogP contribution in [0.25, 0.3) is 0 Å². The van der Waals surface area contributed by atoms with Gasteiger partial charge >= 0.3 is 0 Å². The van der Waals surface area contributed by atoms with Crippen molar-refractivity contribution in [1.82, 2.24) is 19.8 Å². The van der Waals surface area contributed by atoms with Crippen molar-refractivity contribution >= 4 is 17.3 Å². The number of imidazole rings is 1. The van der Waals surface area contributed by atoms with Gasteiger partial charge in [0.1, 0.15) is 0 Å². The molecule has 1 aliphatic heterocycles. The molecule has 0 aliphatic carbocycles. The van der Waals surface area contributed by atoms with Crippen molar-refractivity contribution in [2.45, 2.75) is 26.3 Å². The van der Waals surface area contributed by atoms with Crippen LogP contribution in [0.2, 0.25) is 0 Å². The van der Waals surface area contributed by atoms with Gasteiger partial charge in [0, 0.05) is 56.4 Å². The lowest BCUT2D eigenvalue weighted by molar-refractivity contribution is -0.384. The summed E-state index contributed by atoms with van der Waals surface area (Å²) >= 11 is 0. The number of guanidine groups is 1. The molecule has 1 aliphatic rings. The number of nitro groups is 1. The van der Waals surface area contributed by atoms with Crippen LogP contribution >= 0.6 is 0 Å². The lowest BCUT2D eigenvalue weighted by Gasteiger charge is -2.39. The van der Waals surface area contributed by atoms with Gasteiger partial charge < -0.3 is 20.1 Å². The fourth-order valence-corrected chi connectivity index (χ4v) is 3.58. The van der Waals surface area contributed by atoms with Crippen molar-refractivity contribution < 1.29 is 4.92 Å². The molecular weight excluding hydrogens is 370 g/mol. The number of non-ortho nitro benzene ring substituents is 1. The van der Waals surface area contributed by atoms with E-state index < -0.39 is 4.92 Å². The third-order valence-electron chi connectivity index (χ3n) is 5.24. The number of aromatic nitrogens is 2. The van der Waals surface area contributed by atoms with Crippen LogP contribution in [0.1, 0.15) is 26.3 Å². The van der Waals surface area contributed by atoms with E-state index in [9.17, 15) is 10.1 Å². The molecule has 2 heterocycles. The Morgan fingerprint density at radius 2 is 2.17 bits per heavy atom. The number of hydrogen-bond donors (Lipinski definition) is 2. The largest absolute Gasteiger partial charge is 0.383 e. The molecule has 1 saturated heterocycles. The maximum absolute atomic E-state index is 10.7. The Kier molecular flexibility index (Phi) is 7.04. The Labute approximate surface area is 171 Å². The maximum Gasteiger partial charge on any atom is 0.269 e. The molecule has 1 aromatic carbocycles. The molecule has 0 bridgehead atoms. The summed E-state index contributed by atoms with van der Waals surface area (Å²) in [7, 11) is 0. The minimum absolute atomic E-state index is 0.0924. The normalized spacial score (nSPS) is 19.8. The van der Waals surface area contributed by atoms with Crippen molar-refractivity contribution in [3.05, 3.63) is 53.1 Å². The molecule has 9 heteroatoms. The van der Waals surface area contributed by atoms with Gasteiger partial charge in [-0.15, -0.1) is 0 Å². The van der Waals surface area contributed by atoms with Crippen molar-refractivity contribution in [2.75, 3.05) is 38.0 Å². The summed E-state index contributed by atoms with van der Waals surface area (Å²) in [5.74, 6) is 1.52. The van der Waals surface area contributed by atoms with Crippen LogP contribution in [0.5, 0.6) is 0 Å². The van der Waals surface area contributed by atoms with E-state index in [0.717, 1.165) is 37.7 Å². The van der Waals surface area contributed by atoms with Gasteiger partial charge in [-0.2, -0.15) is 0 Å². The molecule has 9 nitrogen and oxygen atoms in total. The topological polar surface area (TPSA) is 101 Å². The predicted molar refractivity (Wildman–Crippen MR) is 114 cm³/mol. The zero-order chi connectivity index (χ0) is 20.6. The van der Waals surface area contributed by atoms with Gasteiger partial charge in [0.05, 0.1) is 23.8 Å². The quantitative estimate of drug-likeness (QED) is 0.244. The lowest BCUT2D eigenvalue weighted by atomic mass is 9.93. The molecule has 2 N–H and O–H groups in total. The number of benzene rings is 1. The number of hydrogen-bond acceptors (Lipinski definition) is 5. The number of piperidine rings is 1. The second kappa shape index (κ2) is 9.90. The standard InChI is InChI=1S/C20H29N7O2/c1-3-22-20(24-10-9-23-17-4-6-18(7-5-17)27(28)29)25-12-8-16(2)19(14-25)26-13-11-21-15-26/h4-7,11,13,15-16,19,23H,3,8-10,12,14H2,1-2H3,(H,22,24). The average Bonchev–Trinajstić information content (AvgIpc) is 3.26. The Morgan fingerprint density at radius 1 is 1.38 bits per heavy atom. The number of nitrogens with one attached hydrogen (secondary N) is 2. The Morgan fingerprint density at radius 3 is 2.83 bits per heavy atom. The zero-order valence-electron chi connectivity index (χ0n) is 17.0. The molecule has 3 rings (SSSR count). The van der Waals surface area contributed by atoms with Crippen molar-refractivity contribution in [3.63, 3.8) is 0 Å². The summed E-state index contributed by atoms with van der Waals surface area (Å²) in [5.41, 5.74) is 0.942. The van der Waals surface area contributed by atoms with E-state index in [4.69, 9.17) is 4.99 Å². The highest BCUT2D eigenvalue weighted by molar-refractivity contribution is 5.80. The van der Waals surface area contributed by atoms with Gasteiger partial charge in [-0.25, -0.2) is 4.98 Å². The van der Waals surface area contributed by atoms with E-state index in [0.29, 0.717) is 25.0 Å². The molecule has 0 amide bonds. The molecule has 0 radical (unpaired) electrons. The molecule has 1 fully saturated rings. The number of nitro benzene ring substituents is 1. The first-order chi connectivity index (χ1) is 14.1. The molecule has 2 aromatic rings. The maximum atomic E-state index is 10.7. The van der Waals surface area contributed by atoms with Crippen LogP contribution in [0.3, 0.4) is 0 Å². The SMILES string of the molecule is CCNC(=NCCNc1ccc([N+](=O)[O-])cc1)N1CCC(C)C(n2ccnc2)C1. The van der Waals surface area contributed by atoms with Gasteiger partial charge in [-0.1, -0.05) is 6.92 Å². The highest BCUT2D eigenvalue weighted by atomic mass is 16.6. The zero-order valence-corrected chi connectivity index (χ0v) is 17.0. The minimum atomic E-state index is -0.396. The second-order valence-electron chi connectivity index (χ2n) is 7.26. The van der Waals surface area contributed by atoms with Crippen LogP contribution in [0.4, 0.5) is 11.4 Å². The first-order valence-corrected chi connectivity index (χ1v) is 10.1. The first kappa shape index (κ1) is 20.6. The average molecular weight is 399 g/mol. The Hall–Kier alpha value is -3.10. The fourth-order valence-electron chi connectivity index (χ4n) is 3.58. The number of rotatable bonds is 7. The van der Waals surface area contributed by atoms with Gasteiger partial charge in [0.2, 0.25) is 0 Å². The van der Waals surface area contributed by atoms with Gasteiger partial charge in [-0.05, 0) is 31.4 Å². The van der Waals surface area contributed by atoms with Gasteiger partial charge in [-0.3, -0.25) is 15.1 Å². The number of anilines is 1. The molecule has 0 spiro atoms. The van der Waals surface area contributed by atoms with Crippen molar-refractivity contribution in [2.24, 2.45) is 10.9 Å². The van der Waals surface area contributed by atoms with Crippen molar-refractivity contribution in [1.29, 1.82) is 0 Å². The molecule has 0 saturated carbocycles. The van der Waals surface area contributed by atoms with Crippen LogP contribution in [0.15, 0.2) is 48.0 Å². The number of nitrogens with zero attached hydrogens (tertiary/aromatic N) is 5. The second-order valence-corrected chi connectivity index (χ2v) is 7.26. The summed E-state index contributed by atoms with van der Waals surface area (Å²) in [6.07, 6.45) is 6.86. The molecule has 2 atom stereocenters. The summed E-state index contributed by atoms with van der Waals surface area (Å²) in [6, 6.07) is 6.82. The van der Waals surface area contributed by atoms with E-state index >= 15 is 0 Å². The van der Waals surface area contributed by atoms with Crippen molar-refractivity contribution in [3.8, 4) is 0 Å². The molecular formula is C20H29N7O2. The molecule has 156 valence electrons. The molecule has 29 heavy (non-hydrogen) atoms. The van der Waals surface area contributed by atoms with E-state index in [1.165, 1.54) is 12.1 Å². The Balaban J connectivity index is 1.57. The summed E-state index contributed by atoms with van der Waals surface area (Å²) in [5, 5.41) is 17.4. The summed E-state index contributed by atoms with van der Waals surface area (Å²) in [6.45, 7) is 8.33. The Bertz CT molecular complexity index is 805. The highest BCUT2D eigenvalue weighted by Gasteiger charge is 2.28. The lowest BCUT2D eigenvalue weighted by Crippen LogP contribution is -2.49. The smallest absolute Gasteiger partial charge is 0.269 e. The van der Waals surface area contributed by atoms with E-state index in [1.807, 2.05) is 18.7 Å². The first-order valence-electron chi connectivity index (χ1n) is 10.1. The van der Waals surface area contributed by atoms with Gasteiger partial charge in [0.15, 0.2) is 5.96 Å². The molecule has 1 aromatic heterocycles.